The fraction of sp³-hybridized carbons (Fsp3) is 0.909. The number of nitrogens with zero attached hydrogens (tertiary/aromatic N) is 1. The van der Waals surface area contributed by atoms with Crippen LogP contribution in [0.5, 0.6) is 0 Å². The van der Waals surface area contributed by atoms with Crippen LogP contribution < -0.4 is 0 Å². The number of hydrogen-bond acceptors (Lipinski definition) is 5. The van der Waals surface area contributed by atoms with Crippen molar-refractivity contribution in [3.8, 4) is 0 Å². The van der Waals surface area contributed by atoms with Gasteiger partial charge in [-0.25, -0.2) is 0 Å². The summed E-state index contributed by atoms with van der Waals surface area (Å²) in [6.45, 7) is 2.53. The van der Waals surface area contributed by atoms with Crippen LogP contribution in [0.4, 0.5) is 0 Å². The Morgan fingerprint density at radius 3 is 2.25 bits per heavy atom. The summed E-state index contributed by atoms with van der Waals surface area (Å²) >= 11 is 0. The number of esters is 1. The maximum absolute atomic E-state index is 11.3. The second-order valence-corrected chi connectivity index (χ2v) is 4.00. The number of carbonyl (C=O) groups is 1. The van der Waals surface area contributed by atoms with Crippen LogP contribution in [0.25, 0.3) is 0 Å². The smallest absolute Gasteiger partial charge is 0.308 e. The molecule has 1 aliphatic rings. The van der Waals surface area contributed by atoms with Crippen molar-refractivity contribution in [2.45, 2.75) is 19.1 Å². The summed E-state index contributed by atoms with van der Waals surface area (Å²) in [4.78, 5) is 13.6. The van der Waals surface area contributed by atoms with Gasteiger partial charge in [0, 0.05) is 20.8 Å². The summed E-state index contributed by atoms with van der Waals surface area (Å²) < 4.78 is 15.0. The van der Waals surface area contributed by atoms with Gasteiger partial charge < -0.3 is 14.2 Å². The minimum absolute atomic E-state index is 0.0600. The van der Waals surface area contributed by atoms with Gasteiger partial charge in [-0.2, -0.15) is 0 Å². The van der Waals surface area contributed by atoms with Crippen LogP contribution in [0, 0.1) is 5.92 Å². The number of methoxy groups -OCH3 is 3. The number of hydrogen-bond donors (Lipinski definition) is 0. The third kappa shape index (κ3) is 3.73. The highest BCUT2D eigenvalue weighted by molar-refractivity contribution is 5.72. The molecule has 0 aromatic rings. The van der Waals surface area contributed by atoms with Gasteiger partial charge >= 0.3 is 5.97 Å². The second kappa shape index (κ2) is 6.83. The molecular formula is C11H21NO4. The fourth-order valence-corrected chi connectivity index (χ4v) is 1.97. The van der Waals surface area contributed by atoms with E-state index in [2.05, 4.69) is 4.90 Å². The SMILES string of the molecule is COC(=O)C1CCN(CC(OC)OC)CC1. The van der Waals surface area contributed by atoms with Crippen molar-refractivity contribution in [3.63, 3.8) is 0 Å². The summed E-state index contributed by atoms with van der Waals surface area (Å²) in [6, 6.07) is 0. The van der Waals surface area contributed by atoms with E-state index in [1.807, 2.05) is 0 Å². The van der Waals surface area contributed by atoms with Gasteiger partial charge in [-0.05, 0) is 25.9 Å². The van der Waals surface area contributed by atoms with Gasteiger partial charge in [0.15, 0.2) is 6.29 Å². The van der Waals surface area contributed by atoms with Crippen molar-refractivity contribution in [3.05, 3.63) is 0 Å². The Balaban J connectivity index is 2.29. The third-order valence-electron chi connectivity index (χ3n) is 3.06. The van der Waals surface area contributed by atoms with Gasteiger partial charge in [0.25, 0.3) is 0 Å². The van der Waals surface area contributed by atoms with E-state index in [9.17, 15) is 4.79 Å². The van der Waals surface area contributed by atoms with Crippen molar-refractivity contribution >= 4 is 5.97 Å². The Morgan fingerprint density at radius 1 is 1.25 bits per heavy atom. The maximum Gasteiger partial charge on any atom is 0.308 e. The minimum atomic E-state index is -0.185. The lowest BCUT2D eigenvalue weighted by Gasteiger charge is -2.32. The lowest BCUT2D eigenvalue weighted by Crippen LogP contribution is -2.41. The van der Waals surface area contributed by atoms with E-state index in [4.69, 9.17) is 14.2 Å². The molecule has 16 heavy (non-hydrogen) atoms. The minimum Gasteiger partial charge on any atom is -0.469 e. The highest BCUT2D eigenvalue weighted by Gasteiger charge is 2.26. The normalized spacial score (nSPS) is 19.0. The zero-order chi connectivity index (χ0) is 12.0. The van der Waals surface area contributed by atoms with Gasteiger partial charge in [0.1, 0.15) is 0 Å². The topological polar surface area (TPSA) is 48.0 Å². The van der Waals surface area contributed by atoms with Gasteiger partial charge in [-0.1, -0.05) is 0 Å². The maximum atomic E-state index is 11.3. The number of carbonyl (C=O) groups excluding carboxylic acids is 1. The molecule has 1 heterocycles. The van der Waals surface area contributed by atoms with E-state index in [1.165, 1.54) is 7.11 Å². The lowest BCUT2D eigenvalue weighted by molar-refractivity contribution is -0.148. The first-order valence-electron chi connectivity index (χ1n) is 5.57. The predicted molar refractivity (Wildman–Crippen MR) is 59.0 cm³/mol. The average Bonchev–Trinajstić information content (AvgIpc) is 2.35. The fourth-order valence-electron chi connectivity index (χ4n) is 1.97. The van der Waals surface area contributed by atoms with E-state index in [0.29, 0.717) is 0 Å². The molecule has 0 aromatic heterocycles. The summed E-state index contributed by atoms with van der Waals surface area (Å²) in [7, 11) is 4.71. The third-order valence-corrected chi connectivity index (χ3v) is 3.06. The van der Waals surface area contributed by atoms with E-state index < -0.39 is 0 Å². The molecule has 0 atom stereocenters. The Labute approximate surface area is 96.6 Å². The predicted octanol–water partition coefficient (Wildman–Crippen LogP) is 0.490. The molecule has 1 aliphatic heterocycles. The zero-order valence-corrected chi connectivity index (χ0v) is 10.3. The van der Waals surface area contributed by atoms with Crippen LogP contribution in [0.2, 0.25) is 0 Å². The largest absolute Gasteiger partial charge is 0.469 e. The molecule has 0 aliphatic carbocycles. The molecule has 0 amide bonds. The standard InChI is InChI=1S/C11H21NO4/c1-14-10(15-2)8-12-6-4-9(5-7-12)11(13)16-3/h9-10H,4-8H2,1-3H3. The molecule has 1 fully saturated rings. The van der Waals surface area contributed by atoms with Gasteiger partial charge in [-0.15, -0.1) is 0 Å². The Bertz CT molecular complexity index is 210. The van der Waals surface area contributed by atoms with Crippen molar-refractivity contribution in [2.24, 2.45) is 5.92 Å². The first kappa shape index (κ1) is 13.4. The van der Waals surface area contributed by atoms with Crippen molar-refractivity contribution in [1.82, 2.24) is 4.90 Å². The molecule has 0 spiro atoms. The van der Waals surface area contributed by atoms with Crippen LogP contribution in [0.1, 0.15) is 12.8 Å². The first-order chi connectivity index (χ1) is 7.71. The summed E-state index contributed by atoms with van der Waals surface area (Å²) in [5, 5.41) is 0. The molecular weight excluding hydrogens is 210 g/mol. The Hall–Kier alpha value is -0.650. The van der Waals surface area contributed by atoms with Crippen LogP contribution in [0.15, 0.2) is 0 Å². The number of ether oxygens (including phenoxy) is 3. The van der Waals surface area contributed by atoms with E-state index >= 15 is 0 Å². The second-order valence-electron chi connectivity index (χ2n) is 4.00. The van der Waals surface area contributed by atoms with Crippen molar-refractivity contribution < 1.29 is 19.0 Å². The zero-order valence-electron chi connectivity index (χ0n) is 10.3. The first-order valence-corrected chi connectivity index (χ1v) is 5.57. The van der Waals surface area contributed by atoms with Gasteiger partial charge in [0.05, 0.1) is 13.0 Å². The molecule has 0 unspecified atom stereocenters. The number of likely N-dealkylation sites (tertiary alicyclic amines) is 1. The number of piperidine rings is 1. The molecule has 94 valence electrons. The molecule has 0 bridgehead atoms. The average molecular weight is 231 g/mol. The molecule has 5 heteroatoms. The van der Waals surface area contributed by atoms with E-state index in [0.717, 1.165) is 32.5 Å². The molecule has 1 saturated heterocycles. The Morgan fingerprint density at radius 2 is 1.81 bits per heavy atom. The van der Waals surface area contributed by atoms with E-state index in [1.54, 1.807) is 14.2 Å². The molecule has 0 aromatic carbocycles. The van der Waals surface area contributed by atoms with Crippen LogP contribution >= 0.6 is 0 Å². The highest BCUT2D eigenvalue weighted by atomic mass is 16.7. The molecule has 0 saturated carbocycles. The van der Waals surface area contributed by atoms with E-state index in [-0.39, 0.29) is 18.2 Å². The van der Waals surface area contributed by atoms with Crippen LogP contribution in [-0.2, 0) is 19.0 Å². The molecule has 5 nitrogen and oxygen atoms in total. The monoisotopic (exact) mass is 231 g/mol. The number of rotatable bonds is 5. The summed E-state index contributed by atoms with van der Waals surface area (Å²) in [5.74, 6) is -0.0283. The van der Waals surface area contributed by atoms with Gasteiger partial charge in [-0.3, -0.25) is 9.69 Å². The van der Waals surface area contributed by atoms with Crippen molar-refractivity contribution in [2.75, 3.05) is 41.0 Å². The van der Waals surface area contributed by atoms with Crippen molar-refractivity contribution in [1.29, 1.82) is 0 Å². The Kier molecular flexibility index (Phi) is 5.73. The molecule has 0 N–H and O–H groups in total. The van der Waals surface area contributed by atoms with Gasteiger partial charge in [0.2, 0.25) is 0 Å². The summed E-state index contributed by atoms with van der Waals surface area (Å²) in [6.07, 6.45) is 1.52. The quantitative estimate of drug-likeness (QED) is 0.509. The molecule has 1 rings (SSSR count). The van der Waals surface area contributed by atoms with Crippen LogP contribution in [0.3, 0.4) is 0 Å². The van der Waals surface area contributed by atoms with Crippen LogP contribution in [-0.4, -0.2) is 58.1 Å². The lowest BCUT2D eigenvalue weighted by atomic mass is 9.97. The summed E-state index contributed by atoms with van der Waals surface area (Å²) in [5.41, 5.74) is 0. The highest BCUT2D eigenvalue weighted by Crippen LogP contribution is 2.18. The molecule has 0 radical (unpaired) electrons.